The number of hydrogen-bond acceptors (Lipinski definition) is 8. The van der Waals surface area contributed by atoms with Crippen molar-refractivity contribution in [3.8, 4) is 0 Å². The zero-order valence-electron chi connectivity index (χ0n) is 13.8. The topological polar surface area (TPSA) is 253 Å². The molecular formula is C13H28N4O8. The minimum Gasteiger partial charge on any atom is -0.481 e. The predicted octanol–water partition coefficient (Wildman–Crippen LogP) is -2.18. The van der Waals surface area contributed by atoms with Crippen LogP contribution in [0.25, 0.3) is 0 Å². The van der Waals surface area contributed by atoms with Crippen molar-refractivity contribution in [3.05, 3.63) is 0 Å². The van der Waals surface area contributed by atoms with Crippen molar-refractivity contribution < 1.29 is 39.6 Å². The van der Waals surface area contributed by atoms with Crippen LogP contribution in [0.2, 0.25) is 0 Å². The monoisotopic (exact) mass is 368 g/mol. The molecule has 0 saturated carbocycles. The molecule has 12 heteroatoms. The summed E-state index contributed by atoms with van der Waals surface area (Å²) in [6.07, 6.45) is 2.37. The summed E-state index contributed by atoms with van der Waals surface area (Å²) < 4.78 is 0. The van der Waals surface area contributed by atoms with Crippen molar-refractivity contribution in [1.29, 1.82) is 0 Å². The molecule has 148 valence electrons. The van der Waals surface area contributed by atoms with E-state index in [-0.39, 0.29) is 13.0 Å². The summed E-state index contributed by atoms with van der Waals surface area (Å²) in [5, 5.41) is 32.2. The molecule has 0 aliphatic rings. The molecule has 0 saturated heterocycles. The van der Waals surface area contributed by atoms with Gasteiger partial charge in [-0.15, -0.1) is 0 Å². The van der Waals surface area contributed by atoms with Crippen LogP contribution in [-0.2, 0) is 19.2 Å². The summed E-state index contributed by atoms with van der Waals surface area (Å²) in [7, 11) is 0. The number of carbonyl (C=O) groups is 4. The van der Waals surface area contributed by atoms with Crippen LogP contribution >= 0.6 is 0 Å². The van der Waals surface area contributed by atoms with Crippen LogP contribution in [0, 0.1) is 0 Å². The van der Waals surface area contributed by atoms with Gasteiger partial charge in [0.2, 0.25) is 0 Å². The van der Waals surface area contributed by atoms with Gasteiger partial charge in [-0.25, -0.2) is 0 Å². The van der Waals surface area contributed by atoms with Gasteiger partial charge in [0.15, 0.2) is 0 Å². The third-order valence-corrected chi connectivity index (χ3v) is 2.38. The van der Waals surface area contributed by atoms with E-state index in [9.17, 15) is 19.2 Å². The average molecular weight is 368 g/mol. The van der Waals surface area contributed by atoms with Crippen molar-refractivity contribution in [2.24, 2.45) is 22.9 Å². The predicted molar refractivity (Wildman–Crippen MR) is 87.7 cm³/mol. The molecule has 0 aliphatic carbocycles. The molecule has 0 radical (unpaired) electrons. The molecule has 1 unspecified atom stereocenters. The van der Waals surface area contributed by atoms with Crippen LogP contribution in [0.5, 0.6) is 0 Å². The highest BCUT2D eigenvalue weighted by molar-refractivity contribution is 5.80. The summed E-state index contributed by atoms with van der Waals surface area (Å²) in [6.45, 7) is 0.662. The van der Waals surface area contributed by atoms with Crippen molar-refractivity contribution >= 4 is 23.9 Å². The second-order valence-electron chi connectivity index (χ2n) is 4.72. The molecule has 0 heterocycles. The Labute approximate surface area is 144 Å². The van der Waals surface area contributed by atoms with Crippen molar-refractivity contribution in [3.63, 3.8) is 0 Å². The molecule has 0 amide bonds. The Morgan fingerprint density at radius 2 is 1.20 bits per heavy atom. The quantitative estimate of drug-likeness (QED) is 0.191. The Morgan fingerprint density at radius 3 is 1.40 bits per heavy atom. The molecular weight excluding hydrogens is 340 g/mol. The first-order valence-electron chi connectivity index (χ1n) is 7.30. The second kappa shape index (κ2) is 18.1. The van der Waals surface area contributed by atoms with Crippen molar-refractivity contribution in [2.75, 3.05) is 13.1 Å². The number of hydrogen-bond donors (Lipinski definition) is 8. The summed E-state index contributed by atoms with van der Waals surface area (Å²) in [4.78, 5) is 39.3. The van der Waals surface area contributed by atoms with E-state index in [1.165, 1.54) is 0 Å². The molecule has 0 fully saturated rings. The number of nitrogens with two attached hydrogens (primary N) is 4. The first kappa shape index (κ1) is 27.6. The number of carboxylic acid groups (broad SMARTS) is 4. The Bertz CT molecular complexity index is 405. The van der Waals surface area contributed by atoms with E-state index in [2.05, 4.69) is 0 Å². The van der Waals surface area contributed by atoms with E-state index in [4.69, 9.17) is 43.4 Å². The van der Waals surface area contributed by atoms with E-state index in [0.29, 0.717) is 6.54 Å². The highest BCUT2D eigenvalue weighted by Crippen LogP contribution is 1.97. The Balaban J connectivity index is -0.000000293. The van der Waals surface area contributed by atoms with E-state index >= 15 is 0 Å². The van der Waals surface area contributed by atoms with Crippen molar-refractivity contribution in [1.82, 2.24) is 0 Å². The second-order valence-corrected chi connectivity index (χ2v) is 4.72. The molecule has 0 rings (SSSR count). The smallest absolute Gasteiger partial charge is 0.321 e. The standard InChI is InChI=1S/C6H13NO2.C4H7NO4.C3H8N2O2/c7-5-3-1-2-4-6(8)9;5-2(4(8)9)1-3(6)7;4-1-2(5)3(6)7/h1-5,7H2,(H,8,9);2H,1,5H2,(H,6,7)(H,8,9);2H,1,4-5H2,(H,6,7)/t;2-;/m.0./s1. The minimum absolute atomic E-state index is 0.00463. The van der Waals surface area contributed by atoms with Gasteiger partial charge in [-0.2, -0.15) is 0 Å². The van der Waals surface area contributed by atoms with Crippen LogP contribution in [0.4, 0.5) is 0 Å². The van der Waals surface area contributed by atoms with Gasteiger partial charge >= 0.3 is 23.9 Å². The summed E-state index contributed by atoms with van der Waals surface area (Å²) >= 11 is 0. The van der Waals surface area contributed by atoms with Gasteiger partial charge in [0.25, 0.3) is 0 Å². The van der Waals surface area contributed by atoms with Gasteiger partial charge in [-0.3, -0.25) is 19.2 Å². The highest BCUT2D eigenvalue weighted by Gasteiger charge is 2.14. The Hall–Kier alpha value is -2.28. The maximum Gasteiger partial charge on any atom is 0.321 e. The fourth-order valence-electron chi connectivity index (χ4n) is 0.974. The lowest BCUT2D eigenvalue weighted by molar-refractivity contribution is -0.144. The Kier molecular flexibility index (Phi) is 19.9. The summed E-state index contributed by atoms with van der Waals surface area (Å²) in [6, 6.07) is -2.19. The third kappa shape index (κ3) is 26.9. The lowest BCUT2D eigenvalue weighted by atomic mass is 10.2. The van der Waals surface area contributed by atoms with Crippen molar-refractivity contribution in [2.45, 2.75) is 44.2 Å². The van der Waals surface area contributed by atoms with Crippen LogP contribution in [0.1, 0.15) is 32.1 Å². The van der Waals surface area contributed by atoms with E-state index in [1.807, 2.05) is 0 Å². The largest absolute Gasteiger partial charge is 0.481 e. The number of rotatable bonds is 10. The zero-order valence-corrected chi connectivity index (χ0v) is 13.8. The van der Waals surface area contributed by atoms with Gasteiger partial charge in [-0.1, -0.05) is 6.42 Å². The molecule has 0 aromatic rings. The van der Waals surface area contributed by atoms with Crippen LogP contribution < -0.4 is 22.9 Å². The molecule has 12 nitrogen and oxygen atoms in total. The number of carboxylic acids is 4. The maximum absolute atomic E-state index is 9.93. The fourth-order valence-corrected chi connectivity index (χ4v) is 0.974. The molecule has 0 spiro atoms. The van der Waals surface area contributed by atoms with Gasteiger partial charge in [0, 0.05) is 13.0 Å². The van der Waals surface area contributed by atoms with Crippen LogP contribution in [-0.4, -0.2) is 69.5 Å². The lowest BCUT2D eigenvalue weighted by Crippen LogP contribution is -2.37. The van der Waals surface area contributed by atoms with E-state index in [1.54, 1.807) is 0 Å². The normalized spacial score (nSPS) is 11.7. The summed E-state index contributed by atoms with van der Waals surface area (Å²) in [5.41, 5.74) is 19.8. The van der Waals surface area contributed by atoms with Crippen LogP contribution in [0.3, 0.4) is 0 Å². The fraction of sp³-hybridized carbons (Fsp3) is 0.692. The van der Waals surface area contributed by atoms with E-state index < -0.39 is 42.4 Å². The van der Waals surface area contributed by atoms with Gasteiger partial charge < -0.3 is 43.4 Å². The SMILES string of the molecule is NCC(N)C(=O)O.NCCCCCC(=O)O.N[C@@H](CC(=O)O)C(=O)O. The maximum atomic E-state index is 9.93. The van der Waals surface area contributed by atoms with Crippen LogP contribution in [0.15, 0.2) is 0 Å². The highest BCUT2D eigenvalue weighted by atomic mass is 16.4. The van der Waals surface area contributed by atoms with E-state index in [0.717, 1.165) is 19.3 Å². The molecule has 12 N–H and O–H groups in total. The third-order valence-electron chi connectivity index (χ3n) is 2.38. The number of aliphatic carboxylic acids is 4. The molecule has 0 aromatic carbocycles. The van der Waals surface area contributed by atoms with Gasteiger partial charge in [0.1, 0.15) is 12.1 Å². The van der Waals surface area contributed by atoms with Gasteiger partial charge in [-0.05, 0) is 19.4 Å². The summed E-state index contributed by atoms with van der Waals surface area (Å²) in [5.74, 6) is -4.27. The Morgan fingerprint density at radius 1 is 0.720 bits per heavy atom. The first-order chi connectivity index (χ1) is 11.5. The molecule has 0 aromatic heterocycles. The molecule has 0 aliphatic heterocycles. The molecule has 25 heavy (non-hydrogen) atoms. The van der Waals surface area contributed by atoms with Gasteiger partial charge in [0.05, 0.1) is 6.42 Å². The minimum atomic E-state index is -1.29. The molecule has 0 bridgehead atoms. The first-order valence-corrected chi connectivity index (χ1v) is 7.30. The number of unbranched alkanes of at least 4 members (excludes halogenated alkanes) is 2. The lowest BCUT2D eigenvalue weighted by Gasteiger charge is -1.99. The zero-order chi connectivity index (χ0) is 20.4. The average Bonchev–Trinajstić information content (AvgIpc) is 2.51. The molecule has 2 atom stereocenters.